The van der Waals surface area contributed by atoms with Crippen LogP contribution in [0.1, 0.15) is 30.5 Å². The fourth-order valence-corrected chi connectivity index (χ4v) is 3.17. The van der Waals surface area contributed by atoms with Gasteiger partial charge < -0.3 is 10.0 Å². The molecule has 20 heavy (non-hydrogen) atoms. The third kappa shape index (κ3) is 2.13. The van der Waals surface area contributed by atoms with Crippen molar-refractivity contribution in [2.75, 3.05) is 11.4 Å². The molecule has 2 aromatic carbocycles. The van der Waals surface area contributed by atoms with Crippen LogP contribution in [-0.2, 0) is 6.42 Å². The lowest BCUT2D eigenvalue weighted by atomic mass is 10.1. The average molecular weight is 271 g/mol. The second-order valence-corrected chi connectivity index (χ2v) is 5.17. The van der Waals surface area contributed by atoms with E-state index in [1.807, 2.05) is 12.1 Å². The molecule has 2 aromatic rings. The van der Waals surface area contributed by atoms with Crippen LogP contribution in [0, 0.1) is 5.82 Å². The molecule has 0 fully saturated rings. The number of phenols is 1. The molecular weight excluding hydrogens is 253 g/mol. The van der Waals surface area contributed by atoms with Gasteiger partial charge in [-0.05, 0) is 55.2 Å². The van der Waals surface area contributed by atoms with Gasteiger partial charge in [0.1, 0.15) is 11.6 Å². The maximum absolute atomic E-state index is 13.4. The van der Waals surface area contributed by atoms with Crippen LogP contribution in [-0.4, -0.2) is 11.7 Å². The van der Waals surface area contributed by atoms with Gasteiger partial charge in [0.15, 0.2) is 0 Å². The molecule has 0 spiro atoms. The molecule has 3 rings (SSSR count). The molecule has 104 valence electrons. The average Bonchev–Trinajstić information content (AvgIpc) is 2.86. The summed E-state index contributed by atoms with van der Waals surface area (Å²) in [7, 11) is 0. The minimum absolute atomic E-state index is 0.212. The van der Waals surface area contributed by atoms with Gasteiger partial charge >= 0.3 is 0 Å². The molecule has 0 amide bonds. The van der Waals surface area contributed by atoms with Crippen molar-refractivity contribution in [2.45, 2.75) is 25.8 Å². The van der Waals surface area contributed by atoms with Crippen LogP contribution in [0.25, 0.3) is 0 Å². The molecule has 0 aliphatic heterocycles. The van der Waals surface area contributed by atoms with E-state index in [2.05, 4.69) is 17.9 Å². The van der Waals surface area contributed by atoms with Crippen molar-refractivity contribution in [3.05, 3.63) is 59.4 Å². The Hall–Kier alpha value is -2.03. The van der Waals surface area contributed by atoms with Gasteiger partial charge in [0.05, 0.1) is 6.04 Å². The highest BCUT2D eigenvalue weighted by Gasteiger charge is 2.29. The van der Waals surface area contributed by atoms with Crippen molar-refractivity contribution >= 4 is 5.69 Å². The zero-order valence-corrected chi connectivity index (χ0v) is 11.5. The Morgan fingerprint density at radius 1 is 1.25 bits per heavy atom. The molecule has 0 saturated carbocycles. The summed E-state index contributed by atoms with van der Waals surface area (Å²) in [6, 6.07) is 12.6. The van der Waals surface area contributed by atoms with Crippen LogP contribution < -0.4 is 4.90 Å². The molecule has 0 radical (unpaired) electrons. The molecule has 0 saturated heterocycles. The maximum atomic E-state index is 13.4. The van der Waals surface area contributed by atoms with Crippen molar-refractivity contribution in [3.8, 4) is 5.75 Å². The van der Waals surface area contributed by atoms with E-state index >= 15 is 0 Å². The number of fused-ring (bicyclic) bond motifs is 1. The van der Waals surface area contributed by atoms with Crippen molar-refractivity contribution in [1.82, 2.24) is 0 Å². The Bertz CT molecular complexity index is 626. The van der Waals surface area contributed by atoms with E-state index in [9.17, 15) is 9.50 Å². The summed E-state index contributed by atoms with van der Waals surface area (Å²) in [6.07, 6.45) is 1.83. The summed E-state index contributed by atoms with van der Waals surface area (Å²) < 4.78 is 13.4. The Kier molecular flexibility index (Phi) is 3.35. The first-order valence-corrected chi connectivity index (χ1v) is 7.03. The molecule has 3 heteroatoms. The predicted molar refractivity (Wildman–Crippen MR) is 78.6 cm³/mol. The Labute approximate surface area is 118 Å². The van der Waals surface area contributed by atoms with Crippen LogP contribution in [0.4, 0.5) is 10.1 Å². The van der Waals surface area contributed by atoms with E-state index < -0.39 is 0 Å². The highest BCUT2D eigenvalue weighted by molar-refractivity contribution is 5.53. The topological polar surface area (TPSA) is 23.5 Å². The van der Waals surface area contributed by atoms with E-state index in [0.29, 0.717) is 5.75 Å². The largest absolute Gasteiger partial charge is 0.508 e. The van der Waals surface area contributed by atoms with E-state index in [-0.39, 0.29) is 11.9 Å². The first-order valence-electron chi connectivity index (χ1n) is 7.03. The van der Waals surface area contributed by atoms with E-state index in [1.54, 1.807) is 18.2 Å². The molecule has 0 bridgehead atoms. The molecule has 1 aliphatic rings. The molecule has 1 N–H and O–H groups in total. The number of halogens is 1. The highest BCUT2D eigenvalue weighted by Crippen LogP contribution is 2.41. The fourth-order valence-electron chi connectivity index (χ4n) is 3.17. The second kappa shape index (κ2) is 5.16. The van der Waals surface area contributed by atoms with E-state index in [1.165, 1.54) is 6.07 Å². The molecular formula is C17H18FNO. The highest BCUT2D eigenvalue weighted by atomic mass is 19.1. The first-order chi connectivity index (χ1) is 9.70. The minimum atomic E-state index is -0.213. The van der Waals surface area contributed by atoms with Crippen LogP contribution in [0.15, 0.2) is 42.5 Å². The third-order valence-electron chi connectivity index (χ3n) is 4.07. The number of hydrogen-bond acceptors (Lipinski definition) is 2. The fraction of sp³-hybridized carbons (Fsp3) is 0.294. The summed E-state index contributed by atoms with van der Waals surface area (Å²) in [4.78, 5) is 2.20. The molecule has 0 heterocycles. The summed E-state index contributed by atoms with van der Waals surface area (Å²) >= 11 is 0. The SMILES string of the molecule is CCN(c1cccc(F)c1)C1CCc2c(O)cccc21. The van der Waals surface area contributed by atoms with Gasteiger partial charge in [0.2, 0.25) is 0 Å². The summed E-state index contributed by atoms with van der Waals surface area (Å²) in [5.41, 5.74) is 3.09. The van der Waals surface area contributed by atoms with Gasteiger partial charge in [-0.25, -0.2) is 4.39 Å². The third-order valence-corrected chi connectivity index (χ3v) is 4.07. The van der Waals surface area contributed by atoms with Gasteiger partial charge in [0.25, 0.3) is 0 Å². The number of nitrogens with zero attached hydrogens (tertiary/aromatic N) is 1. The van der Waals surface area contributed by atoms with Crippen LogP contribution >= 0.6 is 0 Å². The normalized spacial score (nSPS) is 17.0. The first kappa shape index (κ1) is 13.0. The monoisotopic (exact) mass is 271 g/mol. The lowest BCUT2D eigenvalue weighted by molar-refractivity contribution is 0.469. The molecule has 2 nitrogen and oxygen atoms in total. The quantitative estimate of drug-likeness (QED) is 0.910. The molecule has 1 atom stereocenters. The smallest absolute Gasteiger partial charge is 0.125 e. The standard InChI is InChI=1S/C17H18FNO/c1-2-19(13-6-3-5-12(18)11-13)16-10-9-15-14(16)7-4-8-17(15)20/h3-8,11,16,20H,2,9-10H2,1H3. The zero-order valence-electron chi connectivity index (χ0n) is 11.5. The zero-order chi connectivity index (χ0) is 14.1. The Morgan fingerprint density at radius 3 is 2.80 bits per heavy atom. The van der Waals surface area contributed by atoms with Crippen molar-refractivity contribution in [2.24, 2.45) is 0 Å². The number of aromatic hydroxyl groups is 1. The summed E-state index contributed by atoms with van der Waals surface area (Å²) in [5.74, 6) is 0.162. The van der Waals surface area contributed by atoms with Crippen molar-refractivity contribution < 1.29 is 9.50 Å². The number of benzene rings is 2. The molecule has 0 aromatic heterocycles. The Morgan fingerprint density at radius 2 is 2.05 bits per heavy atom. The lowest BCUT2D eigenvalue weighted by Gasteiger charge is -2.30. The number of rotatable bonds is 3. The van der Waals surface area contributed by atoms with Gasteiger partial charge in [0, 0.05) is 12.2 Å². The Balaban J connectivity index is 1.99. The van der Waals surface area contributed by atoms with Crippen LogP contribution in [0.2, 0.25) is 0 Å². The summed E-state index contributed by atoms with van der Waals surface area (Å²) in [5, 5.41) is 9.94. The number of anilines is 1. The molecule has 1 aliphatic carbocycles. The predicted octanol–water partition coefficient (Wildman–Crippen LogP) is 4.05. The number of hydrogen-bond donors (Lipinski definition) is 1. The van der Waals surface area contributed by atoms with Crippen LogP contribution in [0.5, 0.6) is 5.75 Å². The van der Waals surface area contributed by atoms with Gasteiger partial charge in [-0.2, -0.15) is 0 Å². The van der Waals surface area contributed by atoms with Gasteiger partial charge in [-0.1, -0.05) is 18.2 Å². The molecule has 1 unspecified atom stereocenters. The van der Waals surface area contributed by atoms with Crippen molar-refractivity contribution in [3.63, 3.8) is 0 Å². The van der Waals surface area contributed by atoms with E-state index in [0.717, 1.165) is 36.2 Å². The van der Waals surface area contributed by atoms with Gasteiger partial charge in [-0.15, -0.1) is 0 Å². The second-order valence-electron chi connectivity index (χ2n) is 5.17. The van der Waals surface area contributed by atoms with Crippen molar-refractivity contribution in [1.29, 1.82) is 0 Å². The van der Waals surface area contributed by atoms with E-state index in [4.69, 9.17) is 0 Å². The minimum Gasteiger partial charge on any atom is -0.508 e. The summed E-state index contributed by atoms with van der Waals surface area (Å²) in [6.45, 7) is 2.88. The maximum Gasteiger partial charge on any atom is 0.125 e. The lowest BCUT2D eigenvalue weighted by Crippen LogP contribution is -2.27. The van der Waals surface area contributed by atoms with Gasteiger partial charge in [-0.3, -0.25) is 0 Å². The number of phenolic OH excluding ortho intramolecular Hbond substituents is 1. The van der Waals surface area contributed by atoms with Crippen LogP contribution in [0.3, 0.4) is 0 Å².